The Morgan fingerprint density at radius 2 is 2.29 bits per heavy atom. The number of hydrogen-bond donors (Lipinski definition) is 1. The van der Waals surface area contributed by atoms with Crippen molar-refractivity contribution in [1.29, 1.82) is 0 Å². The SMILES string of the molecule is Cc1nc(C(=O)N2CC[C@](C)(C(=O)O)C2)cs1. The van der Waals surface area contributed by atoms with Gasteiger partial charge in [0.15, 0.2) is 0 Å². The van der Waals surface area contributed by atoms with Gasteiger partial charge in [0, 0.05) is 18.5 Å². The molecular weight excluding hydrogens is 240 g/mol. The molecule has 1 aliphatic rings. The van der Waals surface area contributed by atoms with Crippen molar-refractivity contribution in [2.24, 2.45) is 5.41 Å². The highest BCUT2D eigenvalue weighted by Crippen LogP contribution is 2.31. The highest BCUT2D eigenvalue weighted by atomic mass is 32.1. The highest BCUT2D eigenvalue weighted by molar-refractivity contribution is 7.09. The van der Waals surface area contributed by atoms with Gasteiger partial charge in [-0.3, -0.25) is 9.59 Å². The van der Waals surface area contributed by atoms with E-state index in [-0.39, 0.29) is 12.5 Å². The second-order valence-electron chi connectivity index (χ2n) is 4.59. The Balaban J connectivity index is 2.11. The lowest BCUT2D eigenvalue weighted by Gasteiger charge is -2.19. The molecule has 0 spiro atoms. The number of hydrogen-bond acceptors (Lipinski definition) is 4. The van der Waals surface area contributed by atoms with Crippen molar-refractivity contribution in [3.8, 4) is 0 Å². The van der Waals surface area contributed by atoms with Gasteiger partial charge in [-0.2, -0.15) is 0 Å². The van der Waals surface area contributed by atoms with Crippen molar-refractivity contribution < 1.29 is 14.7 Å². The summed E-state index contributed by atoms with van der Waals surface area (Å²) in [6, 6.07) is 0. The molecule has 0 aromatic carbocycles. The number of carbonyl (C=O) groups is 2. The molecule has 17 heavy (non-hydrogen) atoms. The summed E-state index contributed by atoms with van der Waals surface area (Å²) in [6.45, 7) is 4.26. The molecule has 0 aliphatic carbocycles. The van der Waals surface area contributed by atoms with Crippen molar-refractivity contribution in [2.45, 2.75) is 20.3 Å². The molecule has 0 unspecified atom stereocenters. The fraction of sp³-hybridized carbons (Fsp3) is 0.545. The lowest BCUT2D eigenvalue weighted by atomic mass is 9.90. The first kappa shape index (κ1) is 12.0. The molecule has 0 saturated carbocycles. The number of amides is 1. The standard InChI is InChI=1S/C11H14N2O3S/c1-7-12-8(5-17-7)9(14)13-4-3-11(2,6-13)10(15)16/h5H,3-4,6H2,1-2H3,(H,15,16)/t11-/m0/s1. The van der Waals surface area contributed by atoms with Gasteiger partial charge in [-0.05, 0) is 20.3 Å². The van der Waals surface area contributed by atoms with Gasteiger partial charge < -0.3 is 10.0 Å². The molecule has 2 heterocycles. The molecule has 5 nitrogen and oxygen atoms in total. The molecule has 0 radical (unpaired) electrons. The monoisotopic (exact) mass is 254 g/mol. The van der Waals surface area contributed by atoms with Crippen molar-refractivity contribution in [1.82, 2.24) is 9.88 Å². The summed E-state index contributed by atoms with van der Waals surface area (Å²) >= 11 is 1.42. The van der Waals surface area contributed by atoms with Crippen LogP contribution in [0.15, 0.2) is 5.38 Å². The molecule has 1 fully saturated rings. The topological polar surface area (TPSA) is 70.5 Å². The molecule has 1 amide bonds. The van der Waals surface area contributed by atoms with Crippen molar-refractivity contribution >= 4 is 23.2 Å². The number of aryl methyl sites for hydroxylation is 1. The Labute approximate surface area is 103 Å². The highest BCUT2D eigenvalue weighted by Gasteiger charge is 2.42. The normalized spacial score (nSPS) is 24.0. The summed E-state index contributed by atoms with van der Waals surface area (Å²) in [7, 11) is 0. The predicted molar refractivity (Wildman–Crippen MR) is 63.1 cm³/mol. The number of carbonyl (C=O) groups excluding carboxylic acids is 1. The number of thiazole rings is 1. The number of aromatic nitrogens is 1. The number of rotatable bonds is 2. The third kappa shape index (κ3) is 2.17. The number of carboxylic acid groups (broad SMARTS) is 1. The van der Waals surface area contributed by atoms with Crippen LogP contribution in [-0.4, -0.2) is 40.0 Å². The zero-order valence-electron chi connectivity index (χ0n) is 9.77. The lowest BCUT2D eigenvalue weighted by molar-refractivity contribution is -0.147. The quantitative estimate of drug-likeness (QED) is 0.865. The van der Waals surface area contributed by atoms with E-state index in [0.29, 0.717) is 18.7 Å². The summed E-state index contributed by atoms with van der Waals surface area (Å²) in [5.41, 5.74) is -0.400. The number of carboxylic acids is 1. The van der Waals surface area contributed by atoms with E-state index in [0.717, 1.165) is 5.01 Å². The zero-order valence-corrected chi connectivity index (χ0v) is 10.6. The molecule has 1 atom stereocenters. The molecule has 0 bridgehead atoms. The van der Waals surface area contributed by atoms with Gasteiger partial charge >= 0.3 is 5.97 Å². The van der Waals surface area contributed by atoms with Gasteiger partial charge in [0.2, 0.25) is 0 Å². The average molecular weight is 254 g/mol. The van der Waals surface area contributed by atoms with E-state index < -0.39 is 11.4 Å². The van der Waals surface area contributed by atoms with Crippen LogP contribution < -0.4 is 0 Å². The van der Waals surface area contributed by atoms with Gasteiger partial charge in [-0.1, -0.05) is 0 Å². The van der Waals surface area contributed by atoms with Crippen LogP contribution in [0.3, 0.4) is 0 Å². The van der Waals surface area contributed by atoms with Gasteiger partial charge in [-0.25, -0.2) is 4.98 Å². The van der Waals surface area contributed by atoms with E-state index >= 15 is 0 Å². The van der Waals surface area contributed by atoms with Gasteiger partial charge in [0.25, 0.3) is 5.91 Å². The minimum Gasteiger partial charge on any atom is -0.481 e. The second-order valence-corrected chi connectivity index (χ2v) is 5.66. The molecule has 1 aromatic rings. The lowest BCUT2D eigenvalue weighted by Crippen LogP contribution is -2.35. The van der Waals surface area contributed by atoms with E-state index in [9.17, 15) is 9.59 Å². The maximum Gasteiger partial charge on any atom is 0.311 e. The molecule has 92 valence electrons. The third-order valence-corrected chi connectivity index (χ3v) is 3.89. The van der Waals surface area contributed by atoms with Gasteiger partial charge in [0.1, 0.15) is 5.69 Å². The van der Waals surface area contributed by atoms with Crippen molar-refractivity contribution in [2.75, 3.05) is 13.1 Å². The van der Waals surface area contributed by atoms with Crippen LogP contribution in [0.5, 0.6) is 0 Å². The summed E-state index contributed by atoms with van der Waals surface area (Å²) < 4.78 is 0. The fourth-order valence-electron chi connectivity index (χ4n) is 1.93. The van der Waals surface area contributed by atoms with Crippen LogP contribution in [0.4, 0.5) is 0 Å². The Hall–Kier alpha value is -1.43. The van der Waals surface area contributed by atoms with Crippen LogP contribution >= 0.6 is 11.3 Å². The molecule has 1 aromatic heterocycles. The van der Waals surface area contributed by atoms with Crippen LogP contribution in [0.1, 0.15) is 28.8 Å². The van der Waals surface area contributed by atoms with E-state index in [1.165, 1.54) is 11.3 Å². The minimum atomic E-state index is -0.845. The maximum absolute atomic E-state index is 12.0. The molecular formula is C11H14N2O3S. The molecule has 1 saturated heterocycles. The Kier molecular flexibility index (Phi) is 2.91. The smallest absolute Gasteiger partial charge is 0.311 e. The van der Waals surface area contributed by atoms with Crippen LogP contribution in [-0.2, 0) is 4.79 Å². The van der Waals surface area contributed by atoms with E-state index in [1.807, 2.05) is 6.92 Å². The molecule has 1 N–H and O–H groups in total. The van der Waals surface area contributed by atoms with E-state index in [2.05, 4.69) is 4.98 Å². The van der Waals surface area contributed by atoms with Gasteiger partial charge in [0.05, 0.1) is 10.4 Å². The van der Waals surface area contributed by atoms with E-state index in [1.54, 1.807) is 17.2 Å². The molecule has 6 heteroatoms. The second kappa shape index (κ2) is 4.10. The molecule has 2 rings (SSSR count). The zero-order chi connectivity index (χ0) is 12.6. The Morgan fingerprint density at radius 3 is 2.76 bits per heavy atom. The first-order chi connectivity index (χ1) is 7.92. The molecule has 1 aliphatic heterocycles. The number of aliphatic carboxylic acids is 1. The van der Waals surface area contributed by atoms with Crippen LogP contribution in [0, 0.1) is 12.3 Å². The number of likely N-dealkylation sites (tertiary alicyclic amines) is 1. The fourth-order valence-corrected chi connectivity index (χ4v) is 2.52. The van der Waals surface area contributed by atoms with Crippen LogP contribution in [0.2, 0.25) is 0 Å². The summed E-state index contributed by atoms with van der Waals surface area (Å²) in [5.74, 6) is -1.01. The van der Waals surface area contributed by atoms with Gasteiger partial charge in [-0.15, -0.1) is 11.3 Å². The average Bonchev–Trinajstić information content (AvgIpc) is 2.85. The largest absolute Gasteiger partial charge is 0.481 e. The Bertz CT molecular complexity index is 471. The first-order valence-electron chi connectivity index (χ1n) is 5.37. The maximum atomic E-state index is 12.0. The third-order valence-electron chi connectivity index (χ3n) is 3.11. The summed E-state index contributed by atoms with van der Waals surface area (Å²) in [6.07, 6.45) is 0.497. The predicted octanol–water partition coefficient (Wildman–Crippen LogP) is 1.39. The van der Waals surface area contributed by atoms with E-state index in [4.69, 9.17) is 5.11 Å². The van der Waals surface area contributed by atoms with Crippen LogP contribution in [0.25, 0.3) is 0 Å². The first-order valence-corrected chi connectivity index (χ1v) is 6.25. The number of nitrogens with zero attached hydrogens (tertiary/aromatic N) is 2. The summed E-state index contributed by atoms with van der Waals surface area (Å²) in [5, 5.41) is 11.7. The Morgan fingerprint density at radius 1 is 1.59 bits per heavy atom. The van der Waals surface area contributed by atoms with Crippen molar-refractivity contribution in [3.05, 3.63) is 16.1 Å². The minimum absolute atomic E-state index is 0.167. The summed E-state index contributed by atoms with van der Waals surface area (Å²) in [4.78, 5) is 28.8. The van der Waals surface area contributed by atoms with Crippen molar-refractivity contribution in [3.63, 3.8) is 0 Å².